The van der Waals surface area contributed by atoms with E-state index in [1.807, 2.05) is 0 Å². The van der Waals surface area contributed by atoms with Gasteiger partial charge in [-0.25, -0.2) is 8.42 Å². The SMILES string of the molecule is CCCNCc1cn[nH]c1S(=O)(=O)N1CCC(C(C)C)C1. The van der Waals surface area contributed by atoms with E-state index in [-0.39, 0.29) is 5.03 Å². The fourth-order valence-corrected chi connectivity index (χ4v) is 4.31. The van der Waals surface area contributed by atoms with Crippen LogP contribution in [0.5, 0.6) is 0 Å². The van der Waals surface area contributed by atoms with Crippen LogP contribution in [0.15, 0.2) is 11.2 Å². The molecule has 1 atom stereocenters. The van der Waals surface area contributed by atoms with E-state index < -0.39 is 10.0 Å². The Hall–Kier alpha value is -0.920. The lowest BCUT2D eigenvalue weighted by Crippen LogP contribution is -2.31. The molecular formula is C14H26N4O2S. The van der Waals surface area contributed by atoms with Crippen molar-refractivity contribution in [3.05, 3.63) is 11.8 Å². The van der Waals surface area contributed by atoms with Crippen molar-refractivity contribution >= 4 is 10.0 Å². The first-order valence-corrected chi connectivity index (χ1v) is 9.14. The minimum Gasteiger partial charge on any atom is -0.313 e. The van der Waals surface area contributed by atoms with Crippen LogP contribution in [0.25, 0.3) is 0 Å². The standard InChI is InChI=1S/C14H26N4O2S/c1-4-6-15-8-13-9-16-17-14(13)21(19,20)18-7-5-12(10-18)11(2)3/h9,11-12,15H,4-8,10H2,1-3H3,(H,16,17). The van der Waals surface area contributed by atoms with Crippen LogP contribution in [-0.2, 0) is 16.6 Å². The molecule has 0 radical (unpaired) electrons. The summed E-state index contributed by atoms with van der Waals surface area (Å²) >= 11 is 0. The number of sulfonamides is 1. The number of nitrogens with one attached hydrogen (secondary N) is 2. The average Bonchev–Trinajstić information content (AvgIpc) is 3.08. The number of rotatable bonds is 7. The molecule has 1 aromatic rings. The van der Waals surface area contributed by atoms with Crippen molar-refractivity contribution in [1.82, 2.24) is 19.8 Å². The molecule has 1 unspecified atom stereocenters. The van der Waals surface area contributed by atoms with Crippen molar-refractivity contribution in [1.29, 1.82) is 0 Å². The normalized spacial score (nSPS) is 20.5. The zero-order valence-corrected chi connectivity index (χ0v) is 13.9. The van der Waals surface area contributed by atoms with E-state index >= 15 is 0 Å². The van der Waals surface area contributed by atoms with Crippen molar-refractivity contribution in [3.8, 4) is 0 Å². The lowest BCUT2D eigenvalue weighted by Gasteiger charge is -2.18. The molecule has 120 valence electrons. The van der Waals surface area contributed by atoms with Crippen molar-refractivity contribution in [2.24, 2.45) is 11.8 Å². The molecule has 0 aliphatic carbocycles. The molecule has 0 aromatic carbocycles. The Morgan fingerprint density at radius 2 is 2.29 bits per heavy atom. The van der Waals surface area contributed by atoms with Gasteiger partial charge in [0.1, 0.15) is 0 Å². The first-order valence-electron chi connectivity index (χ1n) is 7.70. The second-order valence-electron chi connectivity index (χ2n) is 6.06. The van der Waals surface area contributed by atoms with Gasteiger partial charge in [0.05, 0.1) is 6.20 Å². The smallest absolute Gasteiger partial charge is 0.260 e. The van der Waals surface area contributed by atoms with Crippen LogP contribution in [0.2, 0.25) is 0 Å². The summed E-state index contributed by atoms with van der Waals surface area (Å²) in [5, 5.41) is 10.1. The van der Waals surface area contributed by atoms with Crippen LogP contribution in [0, 0.1) is 11.8 Å². The summed E-state index contributed by atoms with van der Waals surface area (Å²) in [7, 11) is -3.45. The third-order valence-corrected chi connectivity index (χ3v) is 6.03. The zero-order chi connectivity index (χ0) is 15.5. The van der Waals surface area contributed by atoms with E-state index in [2.05, 4.69) is 36.3 Å². The van der Waals surface area contributed by atoms with Gasteiger partial charge in [-0.2, -0.15) is 9.40 Å². The summed E-state index contributed by atoms with van der Waals surface area (Å²) < 4.78 is 27.1. The van der Waals surface area contributed by atoms with Gasteiger partial charge in [0.15, 0.2) is 5.03 Å². The van der Waals surface area contributed by atoms with Crippen LogP contribution in [-0.4, -0.2) is 42.6 Å². The van der Waals surface area contributed by atoms with Crippen LogP contribution in [0.3, 0.4) is 0 Å². The summed E-state index contributed by atoms with van der Waals surface area (Å²) in [5.74, 6) is 0.960. The molecule has 1 aliphatic heterocycles. The summed E-state index contributed by atoms with van der Waals surface area (Å²) in [4.78, 5) is 0. The Labute approximate surface area is 127 Å². The van der Waals surface area contributed by atoms with Crippen molar-refractivity contribution < 1.29 is 8.42 Å². The van der Waals surface area contributed by atoms with E-state index in [4.69, 9.17) is 0 Å². The highest BCUT2D eigenvalue weighted by Gasteiger charge is 2.35. The predicted molar refractivity (Wildman–Crippen MR) is 82.3 cm³/mol. The van der Waals surface area contributed by atoms with Gasteiger partial charge in [-0.05, 0) is 31.2 Å². The Balaban J connectivity index is 2.12. The molecule has 2 heterocycles. The monoisotopic (exact) mass is 314 g/mol. The maximum atomic E-state index is 12.7. The third-order valence-electron chi connectivity index (χ3n) is 4.15. The Kier molecular flexibility index (Phi) is 5.40. The van der Waals surface area contributed by atoms with Gasteiger partial charge in [-0.1, -0.05) is 20.8 Å². The van der Waals surface area contributed by atoms with Gasteiger partial charge in [-0.15, -0.1) is 0 Å². The summed E-state index contributed by atoms with van der Waals surface area (Å²) in [6, 6.07) is 0. The molecule has 1 aromatic heterocycles. The predicted octanol–water partition coefficient (Wildman–Crippen LogP) is 1.58. The molecule has 0 amide bonds. The third kappa shape index (κ3) is 3.64. The molecule has 7 heteroatoms. The molecule has 0 spiro atoms. The van der Waals surface area contributed by atoms with Crippen LogP contribution in [0.4, 0.5) is 0 Å². The fourth-order valence-electron chi connectivity index (χ4n) is 2.69. The van der Waals surface area contributed by atoms with Crippen LogP contribution in [0.1, 0.15) is 39.2 Å². The number of H-pyrrole nitrogens is 1. The first kappa shape index (κ1) is 16.5. The minimum atomic E-state index is -3.45. The van der Waals surface area contributed by atoms with Gasteiger partial charge >= 0.3 is 0 Å². The van der Waals surface area contributed by atoms with E-state index in [0.29, 0.717) is 31.5 Å². The van der Waals surface area contributed by atoms with E-state index in [1.54, 1.807) is 10.5 Å². The van der Waals surface area contributed by atoms with E-state index in [0.717, 1.165) is 24.9 Å². The lowest BCUT2D eigenvalue weighted by atomic mass is 9.96. The summed E-state index contributed by atoms with van der Waals surface area (Å²) in [6.45, 7) is 8.99. The Morgan fingerprint density at radius 1 is 1.52 bits per heavy atom. The Bertz CT molecular complexity index is 553. The number of hydrogen-bond acceptors (Lipinski definition) is 4. The van der Waals surface area contributed by atoms with E-state index in [1.165, 1.54) is 0 Å². The fraction of sp³-hybridized carbons (Fsp3) is 0.786. The highest BCUT2D eigenvalue weighted by Crippen LogP contribution is 2.28. The molecule has 0 saturated carbocycles. The van der Waals surface area contributed by atoms with Gasteiger partial charge < -0.3 is 5.32 Å². The zero-order valence-electron chi connectivity index (χ0n) is 13.1. The molecule has 2 N–H and O–H groups in total. The molecule has 1 fully saturated rings. The maximum absolute atomic E-state index is 12.7. The van der Waals surface area contributed by atoms with Crippen LogP contribution >= 0.6 is 0 Å². The largest absolute Gasteiger partial charge is 0.313 e. The van der Waals surface area contributed by atoms with Crippen molar-refractivity contribution in [2.45, 2.75) is 45.2 Å². The van der Waals surface area contributed by atoms with Gasteiger partial charge in [0, 0.05) is 25.2 Å². The number of nitrogens with zero attached hydrogens (tertiary/aromatic N) is 2. The lowest BCUT2D eigenvalue weighted by molar-refractivity contribution is 0.388. The van der Waals surface area contributed by atoms with E-state index in [9.17, 15) is 8.42 Å². The maximum Gasteiger partial charge on any atom is 0.260 e. The van der Waals surface area contributed by atoms with Gasteiger partial charge in [0.2, 0.25) is 0 Å². The van der Waals surface area contributed by atoms with Crippen LogP contribution < -0.4 is 5.32 Å². The highest BCUT2D eigenvalue weighted by molar-refractivity contribution is 7.89. The molecule has 0 bridgehead atoms. The van der Waals surface area contributed by atoms with Crippen molar-refractivity contribution in [3.63, 3.8) is 0 Å². The molecule has 1 saturated heterocycles. The molecule has 21 heavy (non-hydrogen) atoms. The van der Waals surface area contributed by atoms with Gasteiger partial charge in [0.25, 0.3) is 10.0 Å². The molecule has 2 rings (SSSR count). The first-order chi connectivity index (χ1) is 9.96. The topological polar surface area (TPSA) is 78.1 Å². The van der Waals surface area contributed by atoms with Crippen molar-refractivity contribution in [2.75, 3.05) is 19.6 Å². The number of aromatic nitrogens is 2. The second kappa shape index (κ2) is 6.89. The highest BCUT2D eigenvalue weighted by atomic mass is 32.2. The number of hydrogen-bond donors (Lipinski definition) is 2. The summed E-state index contributed by atoms with van der Waals surface area (Å²) in [6.07, 6.45) is 3.56. The molecule has 1 aliphatic rings. The average molecular weight is 314 g/mol. The quantitative estimate of drug-likeness (QED) is 0.749. The minimum absolute atomic E-state index is 0.246. The Morgan fingerprint density at radius 3 is 2.90 bits per heavy atom. The second-order valence-corrected chi connectivity index (χ2v) is 7.93. The molecule has 6 nitrogen and oxygen atoms in total. The van der Waals surface area contributed by atoms with Gasteiger partial charge in [-0.3, -0.25) is 5.10 Å². The summed E-state index contributed by atoms with van der Waals surface area (Å²) in [5.41, 5.74) is 0.719. The molecular weight excluding hydrogens is 288 g/mol. The number of aromatic amines is 1.